The Kier molecular flexibility index (Phi) is 5.66. The van der Waals surface area contributed by atoms with E-state index >= 15 is 0 Å². The second kappa shape index (κ2) is 5.94. The van der Waals surface area contributed by atoms with Crippen LogP contribution in [0.15, 0.2) is 0 Å². The van der Waals surface area contributed by atoms with Gasteiger partial charge in [-0.2, -0.15) is 0 Å². The summed E-state index contributed by atoms with van der Waals surface area (Å²) in [5.41, 5.74) is 5.39. The van der Waals surface area contributed by atoms with Gasteiger partial charge in [-0.15, -0.1) is 0 Å². The van der Waals surface area contributed by atoms with E-state index in [-0.39, 0.29) is 31.5 Å². The first-order chi connectivity index (χ1) is 6.31. The first-order valence-corrected chi connectivity index (χ1v) is 6.17. The molecule has 0 radical (unpaired) electrons. The summed E-state index contributed by atoms with van der Waals surface area (Å²) < 4.78 is 23.5. The van der Waals surface area contributed by atoms with Gasteiger partial charge in [0.1, 0.15) is 0 Å². The van der Waals surface area contributed by atoms with Gasteiger partial charge in [0.05, 0.1) is 6.26 Å². The normalized spacial score (nSPS) is 13.6. The molecule has 0 saturated heterocycles. The number of amides is 1. The van der Waals surface area contributed by atoms with Crippen molar-refractivity contribution in [2.45, 2.75) is 19.4 Å². The number of hydrogen-bond acceptors (Lipinski definition) is 4. The summed E-state index contributed by atoms with van der Waals surface area (Å²) in [6.45, 7) is 2.20. The molecular weight excluding hydrogens is 206 g/mol. The van der Waals surface area contributed by atoms with Crippen LogP contribution in [-0.4, -0.2) is 39.7 Å². The minimum absolute atomic E-state index is 0.171. The summed E-state index contributed by atoms with van der Waals surface area (Å²) in [5.74, 6) is -0.171. The lowest BCUT2D eigenvalue weighted by Gasteiger charge is -2.07. The van der Waals surface area contributed by atoms with Gasteiger partial charge in [0.15, 0.2) is 0 Å². The van der Waals surface area contributed by atoms with Crippen molar-refractivity contribution in [3.63, 3.8) is 0 Å². The molecule has 0 bridgehead atoms. The molecule has 4 N–H and O–H groups in total. The standard InChI is InChI=1S/C7H17N3O3S/c1-6(8)5-7(11)9-3-4-10-14(2,12)13/h6,10H,3-5,8H2,1-2H3,(H,9,11). The lowest BCUT2D eigenvalue weighted by Crippen LogP contribution is -2.36. The Hall–Kier alpha value is -0.660. The largest absolute Gasteiger partial charge is 0.355 e. The summed E-state index contributed by atoms with van der Waals surface area (Å²) >= 11 is 0. The maximum atomic E-state index is 11.0. The molecule has 6 nitrogen and oxygen atoms in total. The zero-order valence-corrected chi connectivity index (χ0v) is 9.23. The van der Waals surface area contributed by atoms with E-state index in [1.54, 1.807) is 6.92 Å². The van der Waals surface area contributed by atoms with E-state index < -0.39 is 10.0 Å². The topological polar surface area (TPSA) is 101 Å². The number of rotatable bonds is 6. The number of nitrogens with one attached hydrogen (secondary N) is 2. The fourth-order valence-corrected chi connectivity index (χ4v) is 1.28. The van der Waals surface area contributed by atoms with Crippen LogP contribution in [0, 0.1) is 0 Å². The molecule has 0 fully saturated rings. The third kappa shape index (κ3) is 9.43. The minimum Gasteiger partial charge on any atom is -0.355 e. The molecule has 0 aromatic rings. The van der Waals surface area contributed by atoms with Crippen molar-refractivity contribution in [1.82, 2.24) is 10.0 Å². The van der Waals surface area contributed by atoms with Crippen molar-refractivity contribution in [2.75, 3.05) is 19.3 Å². The van der Waals surface area contributed by atoms with Crippen molar-refractivity contribution in [1.29, 1.82) is 0 Å². The lowest BCUT2D eigenvalue weighted by atomic mass is 10.2. The average Bonchev–Trinajstić information content (AvgIpc) is 1.95. The molecular formula is C7H17N3O3S. The summed E-state index contributed by atoms with van der Waals surface area (Å²) in [6, 6.07) is -0.183. The van der Waals surface area contributed by atoms with Crippen LogP contribution in [-0.2, 0) is 14.8 Å². The highest BCUT2D eigenvalue weighted by Gasteiger charge is 2.04. The molecule has 0 aliphatic rings. The molecule has 1 amide bonds. The Morgan fingerprint density at radius 3 is 2.43 bits per heavy atom. The van der Waals surface area contributed by atoms with E-state index in [1.807, 2.05) is 0 Å². The molecule has 7 heteroatoms. The highest BCUT2D eigenvalue weighted by molar-refractivity contribution is 7.88. The molecule has 0 heterocycles. The van der Waals surface area contributed by atoms with E-state index in [1.165, 1.54) is 0 Å². The summed E-state index contributed by atoms with van der Waals surface area (Å²) in [5, 5.41) is 2.54. The Morgan fingerprint density at radius 2 is 2.00 bits per heavy atom. The first kappa shape index (κ1) is 13.3. The van der Waals surface area contributed by atoms with Gasteiger partial charge < -0.3 is 11.1 Å². The SMILES string of the molecule is CC(N)CC(=O)NCCNS(C)(=O)=O. The molecule has 1 unspecified atom stereocenters. The van der Waals surface area contributed by atoms with Crippen molar-refractivity contribution in [2.24, 2.45) is 5.73 Å². The van der Waals surface area contributed by atoms with Crippen molar-refractivity contribution in [3.05, 3.63) is 0 Å². The quantitative estimate of drug-likeness (QED) is 0.471. The summed E-state index contributed by atoms with van der Waals surface area (Å²) in [6.07, 6.45) is 1.32. The van der Waals surface area contributed by atoms with Gasteiger partial charge in [0.25, 0.3) is 0 Å². The predicted octanol–water partition coefficient (Wildman–Crippen LogP) is -1.61. The van der Waals surface area contributed by atoms with Crippen LogP contribution >= 0.6 is 0 Å². The zero-order valence-electron chi connectivity index (χ0n) is 8.41. The number of carbonyl (C=O) groups is 1. The zero-order chi connectivity index (χ0) is 11.2. The minimum atomic E-state index is -3.17. The molecule has 0 saturated carbocycles. The van der Waals surface area contributed by atoms with Crippen LogP contribution in [0.1, 0.15) is 13.3 Å². The summed E-state index contributed by atoms with van der Waals surface area (Å²) in [4.78, 5) is 11.0. The van der Waals surface area contributed by atoms with Crippen LogP contribution in [0.4, 0.5) is 0 Å². The van der Waals surface area contributed by atoms with Gasteiger partial charge in [-0.1, -0.05) is 0 Å². The third-order valence-electron chi connectivity index (χ3n) is 1.32. The maximum absolute atomic E-state index is 11.0. The van der Waals surface area contributed by atoms with Crippen LogP contribution in [0.5, 0.6) is 0 Å². The molecule has 0 aliphatic heterocycles. The Labute approximate surface area is 84.3 Å². The first-order valence-electron chi connectivity index (χ1n) is 4.28. The van der Waals surface area contributed by atoms with Gasteiger partial charge in [0.2, 0.25) is 15.9 Å². The number of carbonyl (C=O) groups excluding carboxylic acids is 1. The van der Waals surface area contributed by atoms with E-state index in [0.29, 0.717) is 0 Å². The van der Waals surface area contributed by atoms with Crippen molar-refractivity contribution >= 4 is 15.9 Å². The molecule has 0 spiro atoms. The van der Waals surface area contributed by atoms with Gasteiger partial charge in [-0.25, -0.2) is 13.1 Å². The Balaban J connectivity index is 3.51. The van der Waals surface area contributed by atoms with Crippen molar-refractivity contribution < 1.29 is 13.2 Å². The number of hydrogen-bond donors (Lipinski definition) is 3. The van der Waals surface area contributed by atoms with Crippen molar-refractivity contribution in [3.8, 4) is 0 Å². The molecule has 14 heavy (non-hydrogen) atoms. The van der Waals surface area contributed by atoms with Gasteiger partial charge in [-0.3, -0.25) is 4.79 Å². The second-order valence-corrected chi connectivity index (χ2v) is 5.03. The van der Waals surface area contributed by atoms with E-state index in [0.717, 1.165) is 6.26 Å². The van der Waals surface area contributed by atoms with E-state index in [4.69, 9.17) is 5.73 Å². The number of sulfonamides is 1. The van der Waals surface area contributed by atoms with E-state index in [2.05, 4.69) is 10.0 Å². The number of nitrogens with two attached hydrogens (primary N) is 1. The Bertz CT molecular complexity index is 274. The smallest absolute Gasteiger partial charge is 0.221 e. The van der Waals surface area contributed by atoms with Gasteiger partial charge in [-0.05, 0) is 6.92 Å². The van der Waals surface area contributed by atoms with Crippen LogP contribution in [0.25, 0.3) is 0 Å². The molecule has 84 valence electrons. The highest BCUT2D eigenvalue weighted by Crippen LogP contribution is 1.84. The molecule has 0 aliphatic carbocycles. The molecule has 1 atom stereocenters. The van der Waals surface area contributed by atoms with Crippen LogP contribution in [0.3, 0.4) is 0 Å². The second-order valence-electron chi connectivity index (χ2n) is 3.20. The fraction of sp³-hybridized carbons (Fsp3) is 0.857. The van der Waals surface area contributed by atoms with Gasteiger partial charge >= 0.3 is 0 Å². The molecule has 0 aromatic heterocycles. The fourth-order valence-electron chi connectivity index (χ4n) is 0.803. The monoisotopic (exact) mass is 223 g/mol. The van der Waals surface area contributed by atoms with Gasteiger partial charge in [0, 0.05) is 25.6 Å². The van der Waals surface area contributed by atoms with Crippen LogP contribution < -0.4 is 15.8 Å². The summed E-state index contributed by atoms with van der Waals surface area (Å²) in [7, 11) is -3.17. The lowest BCUT2D eigenvalue weighted by molar-refractivity contribution is -0.121. The predicted molar refractivity (Wildman–Crippen MR) is 54.1 cm³/mol. The van der Waals surface area contributed by atoms with E-state index in [9.17, 15) is 13.2 Å². The average molecular weight is 223 g/mol. The molecule has 0 aromatic carbocycles. The Morgan fingerprint density at radius 1 is 1.43 bits per heavy atom. The highest BCUT2D eigenvalue weighted by atomic mass is 32.2. The molecule has 0 rings (SSSR count). The maximum Gasteiger partial charge on any atom is 0.221 e. The van der Waals surface area contributed by atoms with Crippen LogP contribution in [0.2, 0.25) is 0 Å². The third-order valence-corrected chi connectivity index (χ3v) is 2.05.